The Kier molecular flexibility index (Phi) is 4.74. The Hall–Kier alpha value is -0.750. The maximum Gasteiger partial charge on any atom is 0.323 e. The fraction of sp³-hybridized carbons (Fsp3) is 0.867. The first kappa shape index (κ1) is 15.2. The summed E-state index contributed by atoms with van der Waals surface area (Å²) in [4.78, 5) is 2.61. The number of rotatable bonds is 2. The van der Waals surface area contributed by atoms with Gasteiger partial charge in [0.1, 0.15) is 0 Å². The lowest BCUT2D eigenvalue weighted by atomic mass is 9.93. The largest absolute Gasteiger partial charge is 0.323 e. The van der Waals surface area contributed by atoms with Crippen LogP contribution >= 0.6 is 0 Å². The first-order chi connectivity index (χ1) is 10.2. The summed E-state index contributed by atoms with van der Waals surface area (Å²) >= 11 is 0. The molecule has 0 unspecified atom stereocenters. The molecule has 3 rings (SSSR count). The molecule has 5 nitrogen and oxygen atoms in total. The second-order valence-corrected chi connectivity index (χ2v) is 8.14. The van der Waals surface area contributed by atoms with E-state index in [1.807, 2.05) is 0 Å². The van der Waals surface area contributed by atoms with E-state index in [1.165, 1.54) is 55.5 Å². The van der Waals surface area contributed by atoms with E-state index in [0.717, 1.165) is 32.0 Å². The van der Waals surface area contributed by atoms with E-state index in [4.69, 9.17) is 0 Å². The van der Waals surface area contributed by atoms with Crippen molar-refractivity contribution >= 4 is 10.2 Å². The van der Waals surface area contributed by atoms with E-state index in [1.54, 1.807) is 6.20 Å². The van der Waals surface area contributed by atoms with Crippen LogP contribution in [-0.2, 0) is 10.2 Å². The topological polar surface area (TPSA) is 52.7 Å². The van der Waals surface area contributed by atoms with E-state index < -0.39 is 10.2 Å². The highest BCUT2D eigenvalue weighted by Crippen LogP contribution is 2.27. The Labute approximate surface area is 128 Å². The van der Waals surface area contributed by atoms with E-state index >= 15 is 0 Å². The zero-order valence-corrected chi connectivity index (χ0v) is 13.5. The van der Waals surface area contributed by atoms with Crippen molar-refractivity contribution in [3.8, 4) is 0 Å². The Morgan fingerprint density at radius 1 is 0.857 bits per heavy atom. The van der Waals surface area contributed by atoms with Crippen molar-refractivity contribution in [3.05, 3.63) is 12.4 Å². The van der Waals surface area contributed by atoms with Crippen LogP contribution in [0, 0.1) is 0 Å². The predicted octanol–water partition coefficient (Wildman–Crippen LogP) is 2.18. The van der Waals surface area contributed by atoms with E-state index in [-0.39, 0.29) is 6.04 Å². The number of nitrogens with zero attached hydrogens (tertiary/aromatic N) is 2. The third-order valence-electron chi connectivity index (χ3n) is 5.17. The summed E-state index contributed by atoms with van der Waals surface area (Å²) in [6.07, 6.45) is 14.6. The quantitative estimate of drug-likeness (QED) is 0.850. The van der Waals surface area contributed by atoms with Crippen molar-refractivity contribution in [2.45, 2.75) is 69.9 Å². The molecular weight excluding hydrogens is 286 g/mol. The summed E-state index contributed by atoms with van der Waals surface area (Å²) in [6.45, 7) is 2.07. The smallest absolute Gasteiger partial charge is 0.300 e. The van der Waals surface area contributed by atoms with Crippen LogP contribution in [0.25, 0.3) is 0 Å². The van der Waals surface area contributed by atoms with Gasteiger partial charge in [0.15, 0.2) is 0 Å². The zero-order chi connectivity index (χ0) is 14.7. The van der Waals surface area contributed by atoms with Crippen molar-refractivity contribution in [2.75, 3.05) is 13.1 Å². The van der Waals surface area contributed by atoms with Crippen LogP contribution in [0.1, 0.15) is 57.8 Å². The molecule has 3 aliphatic rings. The van der Waals surface area contributed by atoms with Crippen LogP contribution in [-0.4, -0.2) is 42.8 Å². The van der Waals surface area contributed by atoms with Crippen molar-refractivity contribution in [1.82, 2.24) is 13.9 Å². The summed E-state index contributed by atoms with van der Waals surface area (Å²) in [6, 6.07) is 0.862. The second kappa shape index (κ2) is 6.57. The molecular formula is C15H27N3O2S. The van der Waals surface area contributed by atoms with E-state index in [9.17, 15) is 8.42 Å². The van der Waals surface area contributed by atoms with Gasteiger partial charge in [0, 0.05) is 37.6 Å². The lowest BCUT2D eigenvalue weighted by molar-refractivity contribution is 0.112. The third kappa shape index (κ3) is 3.54. The molecule has 0 radical (unpaired) electrons. The fourth-order valence-corrected chi connectivity index (χ4v) is 5.13. The first-order valence-corrected chi connectivity index (χ1v) is 9.82. The summed E-state index contributed by atoms with van der Waals surface area (Å²) in [7, 11) is -3.29. The lowest BCUT2D eigenvalue weighted by Crippen LogP contribution is -2.48. The minimum absolute atomic E-state index is 0.131. The average Bonchev–Trinajstić information content (AvgIpc) is 2.78. The molecule has 0 amide bonds. The normalized spacial score (nSPS) is 29.0. The molecule has 6 heteroatoms. The first-order valence-electron chi connectivity index (χ1n) is 8.38. The summed E-state index contributed by atoms with van der Waals surface area (Å²) < 4.78 is 27.7. The molecule has 1 N–H and O–H groups in total. The van der Waals surface area contributed by atoms with Gasteiger partial charge in [-0.25, -0.2) is 0 Å². The molecule has 0 aromatic heterocycles. The van der Waals surface area contributed by atoms with Gasteiger partial charge in [-0.3, -0.25) is 9.03 Å². The highest BCUT2D eigenvalue weighted by molar-refractivity contribution is 7.87. The molecule has 120 valence electrons. The van der Waals surface area contributed by atoms with E-state index in [0.29, 0.717) is 0 Å². The molecule has 2 heterocycles. The Morgan fingerprint density at radius 3 is 2.05 bits per heavy atom. The van der Waals surface area contributed by atoms with E-state index in [2.05, 4.69) is 9.62 Å². The van der Waals surface area contributed by atoms with Crippen LogP contribution in [0.2, 0.25) is 0 Å². The Balaban J connectivity index is 1.53. The summed E-state index contributed by atoms with van der Waals surface area (Å²) in [5, 5.41) is 0. The van der Waals surface area contributed by atoms with Crippen LogP contribution in [0.5, 0.6) is 0 Å². The second-order valence-electron chi connectivity index (χ2n) is 6.53. The molecule has 1 saturated carbocycles. The number of likely N-dealkylation sites (tertiary alicyclic amines) is 1. The number of nitrogens with one attached hydrogen (secondary N) is 1. The highest BCUT2D eigenvalue weighted by Gasteiger charge is 2.33. The summed E-state index contributed by atoms with van der Waals surface area (Å²) in [5.74, 6) is 0. The van der Waals surface area contributed by atoms with Gasteiger partial charge in [-0.2, -0.15) is 8.42 Å². The minimum Gasteiger partial charge on any atom is -0.300 e. The lowest BCUT2D eigenvalue weighted by Gasteiger charge is -2.40. The predicted molar refractivity (Wildman–Crippen MR) is 83.7 cm³/mol. The Morgan fingerprint density at radius 2 is 1.48 bits per heavy atom. The molecule has 21 heavy (non-hydrogen) atoms. The van der Waals surface area contributed by atoms with Gasteiger partial charge in [-0.05, 0) is 25.7 Å². The van der Waals surface area contributed by atoms with Gasteiger partial charge in [0.05, 0.1) is 0 Å². The van der Waals surface area contributed by atoms with Crippen molar-refractivity contribution in [3.63, 3.8) is 0 Å². The fourth-order valence-electron chi connectivity index (χ4n) is 3.95. The van der Waals surface area contributed by atoms with Crippen molar-refractivity contribution < 1.29 is 8.42 Å². The van der Waals surface area contributed by atoms with Crippen LogP contribution < -0.4 is 4.72 Å². The zero-order valence-electron chi connectivity index (χ0n) is 12.7. The molecule has 2 fully saturated rings. The van der Waals surface area contributed by atoms with Crippen LogP contribution in [0.4, 0.5) is 0 Å². The Bertz CT molecular complexity index is 461. The molecule has 1 saturated heterocycles. The van der Waals surface area contributed by atoms with Gasteiger partial charge in [0.25, 0.3) is 0 Å². The minimum atomic E-state index is -3.29. The molecule has 0 spiro atoms. The third-order valence-corrected chi connectivity index (χ3v) is 6.57. The van der Waals surface area contributed by atoms with Crippen molar-refractivity contribution in [2.24, 2.45) is 0 Å². The maximum absolute atomic E-state index is 11.9. The monoisotopic (exact) mass is 313 g/mol. The summed E-state index contributed by atoms with van der Waals surface area (Å²) in [5.41, 5.74) is 0. The number of piperidine rings is 1. The van der Waals surface area contributed by atoms with Gasteiger partial charge in [0.2, 0.25) is 0 Å². The molecule has 0 aromatic rings. The van der Waals surface area contributed by atoms with Gasteiger partial charge in [-0.1, -0.05) is 32.1 Å². The van der Waals surface area contributed by atoms with Gasteiger partial charge in [-0.15, -0.1) is 0 Å². The molecule has 0 aromatic carbocycles. The standard InChI is InChI=1S/C15H27N3O2S/c19-21(20)16-10-13-18(21)15-8-11-17(12-9-15)14-6-4-2-1-3-5-7-14/h10,13-16H,1-9,11-12H2. The van der Waals surface area contributed by atoms with Gasteiger partial charge >= 0.3 is 10.2 Å². The molecule has 2 aliphatic heterocycles. The molecule has 0 bridgehead atoms. The highest BCUT2D eigenvalue weighted by atomic mass is 32.2. The van der Waals surface area contributed by atoms with Crippen molar-refractivity contribution in [1.29, 1.82) is 0 Å². The van der Waals surface area contributed by atoms with Crippen LogP contribution in [0.15, 0.2) is 12.4 Å². The molecule has 0 atom stereocenters. The van der Waals surface area contributed by atoms with Gasteiger partial charge < -0.3 is 4.90 Å². The van der Waals surface area contributed by atoms with Crippen LogP contribution in [0.3, 0.4) is 0 Å². The molecule has 1 aliphatic carbocycles. The number of hydrogen-bond donors (Lipinski definition) is 1. The SMILES string of the molecule is O=S1(=O)NC=CN1C1CCN(C2CCCCCCC2)CC1. The number of hydrogen-bond acceptors (Lipinski definition) is 3. The maximum atomic E-state index is 11.9. The average molecular weight is 313 g/mol.